The van der Waals surface area contributed by atoms with Crippen LogP contribution in [0.3, 0.4) is 0 Å². The average molecular weight is 613 g/mol. The molecule has 0 amide bonds. The number of hydrogen-bond acceptors (Lipinski definition) is 0. The zero-order chi connectivity index (χ0) is 32.6. The van der Waals surface area contributed by atoms with Crippen LogP contribution in [0.1, 0.15) is 16.7 Å². The number of hydrogen-bond donors (Lipinski definition) is 0. The molecule has 0 saturated carbocycles. The Morgan fingerprint density at radius 2 is 0.875 bits per heavy atom. The second kappa shape index (κ2) is 12.3. The van der Waals surface area contributed by atoms with Gasteiger partial charge in [-0.3, -0.25) is 0 Å². The summed E-state index contributed by atoms with van der Waals surface area (Å²) < 4.78 is 0. The normalized spacial score (nSPS) is 11.2. The van der Waals surface area contributed by atoms with E-state index in [-0.39, 0.29) is 0 Å². The third-order valence-corrected chi connectivity index (χ3v) is 9.68. The van der Waals surface area contributed by atoms with E-state index < -0.39 is 0 Å². The summed E-state index contributed by atoms with van der Waals surface area (Å²) in [5.41, 5.74) is 16.0. The van der Waals surface area contributed by atoms with E-state index in [2.05, 4.69) is 184 Å². The molecule has 0 N–H and O–H groups in total. The highest BCUT2D eigenvalue weighted by molar-refractivity contribution is 6.22. The molecule has 0 nitrogen and oxygen atoms in total. The molecular formula is C48H36. The van der Waals surface area contributed by atoms with Gasteiger partial charge in [0.05, 0.1) is 0 Å². The molecule has 8 aromatic carbocycles. The molecule has 0 atom stereocenters. The second-order valence-electron chi connectivity index (χ2n) is 12.6. The summed E-state index contributed by atoms with van der Waals surface area (Å²) in [7, 11) is 0. The Morgan fingerprint density at radius 3 is 1.52 bits per heavy atom. The molecule has 0 aliphatic heterocycles. The van der Waals surface area contributed by atoms with Gasteiger partial charge in [-0.2, -0.15) is 0 Å². The summed E-state index contributed by atoms with van der Waals surface area (Å²) in [4.78, 5) is 0. The zero-order valence-corrected chi connectivity index (χ0v) is 27.4. The van der Waals surface area contributed by atoms with E-state index >= 15 is 0 Å². The quantitative estimate of drug-likeness (QED) is 0.164. The largest absolute Gasteiger partial charge is 0.0985 e. The summed E-state index contributed by atoms with van der Waals surface area (Å²) in [6, 6.07) is 59.9. The molecular weight excluding hydrogens is 577 g/mol. The Labute approximate surface area is 283 Å². The first-order valence-corrected chi connectivity index (χ1v) is 16.6. The van der Waals surface area contributed by atoms with Crippen LogP contribution in [0.5, 0.6) is 0 Å². The topological polar surface area (TPSA) is 0 Å². The van der Waals surface area contributed by atoms with Crippen LogP contribution in [0.25, 0.3) is 83.3 Å². The van der Waals surface area contributed by atoms with Crippen molar-refractivity contribution in [3.05, 3.63) is 187 Å². The zero-order valence-electron chi connectivity index (χ0n) is 27.4. The highest BCUT2D eigenvalue weighted by Crippen LogP contribution is 2.48. The van der Waals surface area contributed by atoms with E-state index in [9.17, 15) is 0 Å². The Bertz CT molecular complexity index is 2480. The Kier molecular flexibility index (Phi) is 7.55. The van der Waals surface area contributed by atoms with Crippen molar-refractivity contribution in [2.75, 3.05) is 0 Å². The Balaban J connectivity index is 1.43. The van der Waals surface area contributed by atoms with E-state index in [0.717, 1.165) is 0 Å². The minimum Gasteiger partial charge on any atom is -0.0985 e. The van der Waals surface area contributed by atoms with Gasteiger partial charge in [-0.05, 0) is 108 Å². The van der Waals surface area contributed by atoms with Crippen LogP contribution >= 0.6 is 0 Å². The van der Waals surface area contributed by atoms with Crippen molar-refractivity contribution in [3.8, 4) is 55.6 Å². The average Bonchev–Trinajstić information content (AvgIpc) is 3.14. The SMILES string of the molecule is C=Cc1cc(-c2c3ccccc3c(-c3ccccc3-c3ccccc3-c3ccccc3-c3ccccc3)c3ccc(C)cc23)ccc1C. The van der Waals surface area contributed by atoms with Crippen LogP contribution in [-0.2, 0) is 0 Å². The molecule has 8 rings (SSSR count). The van der Waals surface area contributed by atoms with Gasteiger partial charge in [-0.25, -0.2) is 0 Å². The summed E-state index contributed by atoms with van der Waals surface area (Å²) in [6.07, 6.45) is 1.96. The summed E-state index contributed by atoms with van der Waals surface area (Å²) in [5.74, 6) is 0. The predicted octanol–water partition coefficient (Wildman–Crippen LogP) is 13.6. The van der Waals surface area contributed by atoms with E-state index in [1.807, 2.05) is 6.08 Å². The standard InChI is InChI=1S/C48H36/c1-4-34-31-36(28-27-33(34)3)47-43-24-14-15-25-44(43)48(45-29-26-32(2)30-46(45)47)42-23-13-12-22-41(42)40-21-11-10-20-39(40)38-19-9-8-18-37(38)35-16-6-5-7-17-35/h4-31H,1H2,2-3H3. The van der Waals surface area contributed by atoms with Crippen molar-refractivity contribution in [2.24, 2.45) is 0 Å². The molecule has 0 heterocycles. The maximum Gasteiger partial charge on any atom is -0.00201 e. The lowest BCUT2D eigenvalue weighted by Gasteiger charge is -2.21. The van der Waals surface area contributed by atoms with E-state index in [1.165, 1.54) is 93.9 Å². The number of rotatable bonds is 6. The van der Waals surface area contributed by atoms with Crippen molar-refractivity contribution in [1.29, 1.82) is 0 Å². The van der Waals surface area contributed by atoms with Crippen LogP contribution in [-0.4, -0.2) is 0 Å². The molecule has 0 spiro atoms. The van der Waals surface area contributed by atoms with Crippen molar-refractivity contribution in [3.63, 3.8) is 0 Å². The van der Waals surface area contributed by atoms with Crippen molar-refractivity contribution >= 4 is 27.6 Å². The number of fused-ring (bicyclic) bond motifs is 2. The molecule has 0 unspecified atom stereocenters. The second-order valence-corrected chi connectivity index (χ2v) is 12.6. The lowest BCUT2D eigenvalue weighted by molar-refractivity contribution is 1.44. The van der Waals surface area contributed by atoms with Crippen molar-refractivity contribution in [2.45, 2.75) is 13.8 Å². The first-order chi connectivity index (χ1) is 23.6. The van der Waals surface area contributed by atoms with Gasteiger partial charge in [0.1, 0.15) is 0 Å². The van der Waals surface area contributed by atoms with E-state index in [4.69, 9.17) is 0 Å². The van der Waals surface area contributed by atoms with Crippen LogP contribution in [0.4, 0.5) is 0 Å². The van der Waals surface area contributed by atoms with Crippen LogP contribution in [0.15, 0.2) is 170 Å². The third-order valence-electron chi connectivity index (χ3n) is 9.68. The summed E-state index contributed by atoms with van der Waals surface area (Å²) in [6.45, 7) is 8.45. The molecule has 0 bridgehead atoms. The molecule has 8 aromatic rings. The minimum absolute atomic E-state index is 1.17. The molecule has 0 saturated heterocycles. The van der Waals surface area contributed by atoms with Gasteiger partial charge in [0.15, 0.2) is 0 Å². The van der Waals surface area contributed by atoms with Gasteiger partial charge < -0.3 is 0 Å². The van der Waals surface area contributed by atoms with Crippen LogP contribution < -0.4 is 0 Å². The van der Waals surface area contributed by atoms with Gasteiger partial charge in [0.25, 0.3) is 0 Å². The third kappa shape index (κ3) is 5.03. The fourth-order valence-corrected chi connectivity index (χ4v) is 7.39. The van der Waals surface area contributed by atoms with Crippen LogP contribution in [0, 0.1) is 13.8 Å². The first kappa shape index (κ1) is 29.4. The van der Waals surface area contributed by atoms with Crippen molar-refractivity contribution < 1.29 is 0 Å². The molecule has 228 valence electrons. The maximum atomic E-state index is 4.11. The fraction of sp³-hybridized carbons (Fsp3) is 0.0417. The van der Waals surface area contributed by atoms with Crippen LogP contribution in [0.2, 0.25) is 0 Å². The van der Waals surface area contributed by atoms with Gasteiger partial charge in [0.2, 0.25) is 0 Å². The van der Waals surface area contributed by atoms with Gasteiger partial charge in [0, 0.05) is 0 Å². The molecule has 0 heteroatoms. The monoisotopic (exact) mass is 612 g/mol. The lowest BCUT2D eigenvalue weighted by Crippen LogP contribution is -1.95. The molecule has 0 aliphatic rings. The van der Waals surface area contributed by atoms with E-state index in [1.54, 1.807) is 0 Å². The maximum absolute atomic E-state index is 4.11. The Hall–Kier alpha value is -5.98. The highest BCUT2D eigenvalue weighted by Gasteiger charge is 2.21. The Morgan fingerprint density at radius 1 is 0.375 bits per heavy atom. The van der Waals surface area contributed by atoms with E-state index in [0.29, 0.717) is 0 Å². The number of aryl methyl sites for hydroxylation is 2. The van der Waals surface area contributed by atoms with Gasteiger partial charge >= 0.3 is 0 Å². The molecule has 0 radical (unpaired) electrons. The lowest BCUT2D eigenvalue weighted by atomic mass is 9.82. The van der Waals surface area contributed by atoms with Gasteiger partial charge in [-0.15, -0.1) is 0 Å². The predicted molar refractivity (Wildman–Crippen MR) is 208 cm³/mol. The minimum atomic E-state index is 1.17. The first-order valence-electron chi connectivity index (χ1n) is 16.6. The molecule has 0 aliphatic carbocycles. The number of benzene rings is 8. The van der Waals surface area contributed by atoms with Crippen molar-refractivity contribution in [1.82, 2.24) is 0 Å². The smallest absolute Gasteiger partial charge is 0.00201 e. The summed E-state index contributed by atoms with van der Waals surface area (Å²) >= 11 is 0. The fourth-order valence-electron chi connectivity index (χ4n) is 7.39. The molecule has 0 fully saturated rings. The molecule has 0 aromatic heterocycles. The summed E-state index contributed by atoms with van der Waals surface area (Å²) in [5, 5.41) is 5.02. The van der Waals surface area contributed by atoms with Gasteiger partial charge in [-0.1, -0.05) is 176 Å². The highest BCUT2D eigenvalue weighted by atomic mass is 14.2. The molecule has 48 heavy (non-hydrogen) atoms.